The molecule has 1 aromatic heterocycles. The number of hydrogen-bond acceptors (Lipinski definition) is 4. The number of methoxy groups -OCH3 is 1. The lowest BCUT2D eigenvalue weighted by Crippen LogP contribution is -2.48. The Morgan fingerprint density at radius 2 is 2.19 bits per heavy atom. The summed E-state index contributed by atoms with van der Waals surface area (Å²) in [5.74, 6) is 0.999. The molecule has 0 aliphatic carbocycles. The molecular formula is C20H26N2O4. The summed E-state index contributed by atoms with van der Waals surface area (Å²) < 4.78 is 10.7. The summed E-state index contributed by atoms with van der Waals surface area (Å²) in [5, 5.41) is 2.25. The molecule has 0 saturated carbocycles. The molecule has 1 N–H and O–H groups in total. The number of amides is 1. The molecule has 3 rings (SSSR count). The van der Waals surface area contributed by atoms with Crippen molar-refractivity contribution in [1.82, 2.24) is 10.1 Å². The van der Waals surface area contributed by atoms with Gasteiger partial charge in [-0.05, 0) is 36.8 Å². The number of H-pyrrole nitrogens is 1. The van der Waals surface area contributed by atoms with Crippen LogP contribution in [0.1, 0.15) is 29.7 Å². The Morgan fingerprint density at radius 1 is 1.38 bits per heavy atom. The van der Waals surface area contributed by atoms with Crippen LogP contribution in [0.25, 0.3) is 0 Å². The van der Waals surface area contributed by atoms with E-state index in [1.807, 2.05) is 4.90 Å². The van der Waals surface area contributed by atoms with Gasteiger partial charge in [0, 0.05) is 39.1 Å². The SMILES string of the molecule is CO[C@H]1CN(C(=O)CCc2cc(=O)[nH]o2)CC[C@@H]1Cc1ccccc1C. The first-order valence-corrected chi connectivity index (χ1v) is 9.09. The van der Waals surface area contributed by atoms with Gasteiger partial charge in [0.15, 0.2) is 0 Å². The average Bonchev–Trinajstić information content (AvgIpc) is 3.07. The fourth-order valence-corrected chi connectivity index (χ4v) is 3.65. The first-order valence-electron chi connectivity index (χ1n) is 9.09. The lowest BCUT2D eigenvalue weighted by atomic mass is 9.86. The number of likely N-dealkylation sites (tertiary alicyclic amines) is 1. The second-order valence-corrected chi connectivity index (χ2v) is 6.97. The second kappa shape index (κ2) is 8.36. The summed E-state index contributed by atoms with van der Waals surface area (Å²) >= 11 is 0. The van der Waals surface area contributed by atoms with Crippen LogP contribution in [0, 0.1) is 12.8 Å². The van der Waals surface area contributed by atoms with Gasteiger partial charge in [0.2, 0.25) is 5.91 Å². The van der Waals surface area contributed by atoms with Crippen LogP contribution in [-0.2, 0) is 22.4 Å². The summed E-state index contributed by atoms with van der Waals surface area (Å²) in [7, 11) is 1.72. The maximum absolute atomic E-state index is 12.5. The van der Waals surface area contributed by atoms with Crippen LogP contribution in [0.2, 0.25) is 0 Å². The fraction of sp³-hybridized carbons (Fsp3) is 0.500. The molecule has 1 saturated heterocycles. The molecule has 2 aromatic rings. The fourth-order valence-electron chi connectivity index (χ4n) is 3.65. The zero-order valence-electron chi connectivity index (χ0n) is 15.4. The highest BCUT2D eigenvalue weighted by Gasteiger charge is 2.31. The van der Waals surface area contributed by atoms with Crippen molar-refractivity contribution in [3.05, 3.63) is 57.6 Å². The number of rotatable bonds is 6. The van der Waals surface area contributed by atoms with Crippen molar-refractivity contribution in [1.29, 1.82) is 0 Å². The van der Waals surface area contributed by atoms with E-state index >= 15 is 0 Å². The van der Waals surface area contributed by atoms with Crippen LogP contribution in [0.5, 0.6) is 0 Å². The quantitative estimate of drug-likeness (QED) is 0.860. The molecule has 6 nitrogen and oxygen atoms in total. The number of ether oxygens (including phenoxy) is 1. The molecule has 1 aliphatic rings. The number of hydrogen-bond donors (Lipinski definition) is 1. The Kier molecular flexibility index (Phi) is 5.93. The lowest BCUT2D eigenvalue weighted by Gasteiger charge is -2.38. The monoisotopic (exact) mass is 358 g/mol. The summed E-state index contributed by atoms with van der Waals surface area (Å²) in [5.41, 5.74) is 2.37. The van der Waals surface area contributed by atoms with Gasteiger partial charge in [-0.2, -0.15) is 5.16 Å². The largest absolute Gasteiger partial charge is 0.384 e. The number of nitrogens with one attached hydrogen (secondary N) is 1. The number of aromatic nitrogens is 1. The molecular weight excluding hydrogens is 332 g/mol. The molecule has 2 atom stereocenters. The molecule has 1 fully saturated rings. The Labute approximate surface area is 153 Å². The third-order valence-electron chi connectivity index (χ3n) is 5.25. The van der Waals surface area contributed by atoms with E-state index in [0.717, 1.165) is 19.4 Å². The molecule has 140 valence electrons. The van der Waals surface area contributed by atoms with Crippen molar-refractivity contribution in [2.24, 2.45) is 5.92 Å². The number of aromatic amines is 1. The Morgan fingerprint density at radius 3 is 2.88 bits per heavy atom. The van der Waals surface area contributed by atoms with Crippen molar-refractivity contribution in [3.8, 4) is 0 Å². The molecule has 6 heteroatoms. The van der Waals surface area contributed by atoms with E-state index in [2.05, 4.69) is 36.3 Å². The maximum atomic E-state index is 12.5. The first kappa shape index (κ1) is 18.5. The summed E-state index contributed by atoms with van der Waals surface area (Å²) in [4.78, 5) is 25.4. The van der Waals surface area contributed by atoms with E-state index in [1.165, 1.54) is 17.2 Å². The third-order valence-corrected chi connectivity index (χ3v) is 5.25. The molecule has 1 aliphatic heterocycles. The standard InChI is InChI=1S/C20H26N2O4/c1-14-5-3-4-6-15(14)11-16-9-10-22(13-18(16)25-2)20(24)8-7-17-12-19(23)21-26-17/h3-6,12,16,18H,7-11,13H2,1-2H3,(H,21,23)/t16-,18+/m1/s1. The lowest BCUT2D eigenvalue weighted by molar-refractivity contribution is -0.136. The molecule has 26 heavy (non-hydrogen) atoms. The van der Waals surface area contributed by atoms with Crippen molar-refractivity contribution in [2.75, 3.05) is 20.2 Å². The second-order valence-electron chi connectivity index (χ2n) is 6.97. The molecule has 0 spiro atoms. The molecule has 2 heterocycles. The van der Waals surface area contributed by atoms with Crippen LogP contribution in [-0.4, -0.2) is 42.3 Å². The van der Waals surface area contributed by atoms with Crippen molar-refractivity contribution >= 4 is 5.91 Å². The highest BCUT2D eigenvalue weighted by Crippen LogP contribution is 2.26. The molecule has 0 radical (unpaired) electrons. The van der Waals surface area contributed by atoms with Gasteiger partial charge in [-0.25, -0.2) is 0 Å². The van der Waals surface area contributed by atoms with Crippen LogP contribution in [0.4, 0.5) is 0 Å². The normalized spacial score (nSPS) is 20.3. The zero-order chi connectivity index (χ0) is 18.5. The van der Waals surface area contributed by atoms with Gasteiger partial charge in [0.25, 0.3) is 5.56 Å². The van der Waals surface area contributed by atoms with Gasteiger partial charge in [-0.15, -0.1) is 0 Å². The van der Waals surface area contributed by atoms with Gasteiger partial charge in [0.05, 0.1) is 6.10 Å². The van der Waals surface area contributed by atoms with Gasteiger partial charge in [0.1, 0.15) is 5.76 Å². The molecule has 1 amide bonds. The predicted octanol–water partition coefficient (Wildman–Crippen LogP) is 2.32. The van der Waals surface area contributed by atoms with Gasteiger partial charge in [-0.3, -0.25) is 9.59 Å². The first-order chi connectivity index (χ1) is 12.6. The number of piperidine rings is 1. The van der Waals surface area contributed by atoms with E-state index in [4.69, 9.17) is 9.26 Å². The van der Waals surface area contributed by atoms with Crippen LogP contribution in [0.15, 0.2) is 39.6 Å². The van der Waals surface area contributed by atoms with Crippen molar-refractivity contribution < 1.29 is 14.1 Å². The number of carbonyl (C=O) groups is 1. The Balaban J connectivity index is 1.55. The number of aryl methyl sites for hydroxylation is 2. The predicted molar refractivity (Wildman–Crippen MR) is 98.0 cm³/mol. The topological polar surface area (TPSA) is 75.5 Å². The van der Waals surface area contributed by atoms with Gasteiger partial charge in [-0.1, -0.05) is 24.3 Å². The summed E-state index contributed by atoms with van der Waals surface area (Å²) in [6.45, 7) is 3.49. The third kappa shape index (κ3) is 4.43. The number of carbonyl (C=O) groups excluding carboxylic acids is 1. The van der Waals surface area contributed by atoms with Gasteiger partial charge < -0.3 is 14.2 Å². The Hall–Kier alpha value is -2.34. The summed E-state index contributed by atoms with van der Waals surface area (Å²) in [6.07, 6.45) is 2.70. The molecule has 0 bridgehead atoms. The maximum Gasteiger partial charge on any atom is 0.280 e. The van der Waals surface area contributed by atoms with E-state index in [1.54, 1.807) is 7.11 Å². The molecule has 1 aromatic carbocycles. The van der Waals surface area contributed by atoms with E-state index in [0.29, 0.717) is 31.1 Å². The van der Waals surface area contributed by atoms with E-state index < -0.39 is 0 Å². The molecule has 0 unspecified atom stereocenters. The van der Waals surface area contributed by atoms with Crippen LogP contribution < -0.4 is 5.56 Å². The highest BCUT2D eigenvalue weighted by atomic mass is 16.5. The number of nitrogens with zero attached hydrogens (tertiary/aromatic N) is 1. The zero-order valence-corrected chi connectivity index (χ0v) is 15.4. The minimum atomic E-state index is -0.274. The minimum absolute atomic E-state index is 0.0393. The average molecular weight is 358 g/mol. The van der Waals surface area contributed by atoms with Gasteiger partial charge >= 0.3 is 0 Å². The number of benzene rings is 1. The van der Waals surface area contributed by atoms with E-state index in [-0.39, 0.29) is 17.6 Å². The summed E-state index contributed by atoms with van der Waals surface area (Å²) in [6, 6.07) is 9.82. The smallest absolute Gasteiger partial charge is 0.280 e. The highest BCUT2D eigenvalue weighted by molar-refractivity contribution is 5.76. The van der Waals surface area contributed by atoms with Crippen molar-refractivity contribution in [3.63, 3.8) is 0 Å². The van der Waals surface area contributed by atoms with Crippen LogP contribution >= 0.6 is 0 Å². The minimum Gasteiger partial charge on any atom is -0.384 e. The Bertz CT molecular complexity index is 795. The van der Waals surface area contributed by atoms with Crippen LogP contribution in [0.3, 0.4) is 0 Å². The van der Waals surface area contributed by atoms with Crippen molar-refractivity contribution in [2.45, 2.75) is 38.7 Å². The van der Waals surface area contributed by atoms with E-state index in [9.17, 15) is 9.59 Å².